The van der Waals surface area contributed by atoms with E-state index in [-0.39, 0.29) is 17.5 Å². The molecule has 3 fully saturated rings. The van der Waals surface area contributed by atoms with E-state index in [4.69, 9.17) is 11.6 Å². The molecule has 0 spiro atoms. The SMILES string of the molecule is Cc1cccc(C2(NC(=O)N[C@@H]3C(=O)N(CC4CC4)C[C@H]3C3C(F)=CC(Cl)=CC3(C)F)CC2)n1. The molecule has 2 N–H and O–H groups in total. The van der Waals surface area contributed by atoms with Gasteiger partial charge < -0.3 is 15.5 Å². The third-order valence-corrected chi connectivity index (χ3v) is 7.63. The second kappa shape index (κ2) is 8.33. The summed E-state index contributed by atoms with van der Waals surface area (Å²) in [6, 6.07) is 4.07. The number of nitrogens with zero attached hydrogens (tertiary/aromatic N) is 2. The first-order valence-electron chi connectivity index (χ1n) is 11.8. The molecule has 0 bridgehead atoms. The molecule has 182 valence electrons. The molecule has 0 radical (unpaired) electrons. The van der Waals surface area contributed by atoms with Crippen molar-refractivity contribution in [3.8, 4) is 0 Å². The van der Waals surface area contributed by atoms with Crippen LogP contribution in [0.2, 0.25) is 0 Å². The highest BCUT2D eigenvalue weighted by molar-refractivity contribution is 6.31. The van der Waals surface area contributed by atoms with Crippen LogP contribution in [-0.2, 0) is 10.3 Å². The molecule has 2 saturated carbocycles. The van der Waals surface area contributed by atoms with Crippen molar-refractivity contribution in [2.45, 2.75) is 56.8 Å². The van der Waals surface area contributed by atoms with Gasteiger partial charge in [0.25, 0.3) is 0 Å². The van der Waals surface area contributed by atoms with Gasteiger partial charge in [0.05, 0.1) is 17.2 Å². The first-order chi connectivity index (χ1) is 16.1. The summed E-state index contributed by atoms with van der Waals surface area (Å²) in [7, 11) is 0. The highest BCUT2D eigenvalue weighted by Gasteiger charge is 2.54. The molecule has 3 amide bonds. The number of alkyl halides is 1. The van der Waals surface area contributed by atoms with E-state index in [9.17, 15) is 9.59 Å². The summed E-state index contributed by atoms with van der Waals surface area (Å²) in [6.45, 7) is 3.88. The molecule has 9 heteroatoms. The van der Waals surface area contributed by atoms with Crippen LogP contribution in [0.15, 0.2) is 41.2 Å². The Bertz CT molecular complexity index is 1080. The fourth-order valence-electron chi connectivity index (χ4n) is 5.36. The fraction of sp³-hybridized carbons (Fsp3) is 0.560. The summed E-state index contributed by atoms with van der Waals surface area (Å²) in [4.78, 5) is 32.6. The number of carbonyl (C=O) groups is 2. The van der Waals surface area contributed by atoms with Crippen LogP contribution in [0.1, 0.15) is 44.0 Å². The van der Waals surface area contributed by atoms with E-state index in [1.165, 1.54) is 13.0 Å². The molecular formula is C25H29ClF2N4O2. The van der Waals surface area contributed by atoms with Crippen molar-refractivity contribution in [3.63, 3.8) is 0 Å². The summed E-state index contributed by atoms with van der Waals surface area (Å²) in [5.74, 6) is -2.58. The number of urea groups is 1. The lowest BCUT2D eigenvalue weighted by molar-refractivity contribution is -0.129. The quantitative estimate of drug-likeness (QED) is 0.626. The molecule has 5 rings (SSSR count). The van der Waals surface area contributed by atoms with Crippen molar-refractivity contribution < 1.29 is 18.4 Å². The first-order valence-corrected chi connectivity index (χ1v) is 12.2. The Hall–Kier alpha value is -2.48. The van der Waals surface area contributed by atoms with Gasteiger partial charge in [-0.05, 0) is 69.7 Å². The molecule has 1 aromatic rings. The van der Waals surface area contributed by atoms with Crippen molar-refractivity contribution >= 4 is 23.5 Å². The Balaban J connectivity index is 1.37. The second-order valence-electron chi connectivity index (χ2n) is 10.4. The second-order valence-corrected chi connectivity index (χ2v) is 10.8. The van der Waals surface area contributed by atoms with E-state index in [2.05, 4.69) is 15.6 Å². The van der Waals surface area contributed by atoms with Gasteiger partial charge in [0.1, 0.15) is 17.5 Å². The number of amides is 3. The molecule has 0 aromatic carbocycles. The van der Waals surface area contributed by atoms with Crippen LogP contribution in [0.25, 0.3) is 0 Å². The Morgan fingerprint density at radius 3 is 2.68 bits per heavy atom. The summed E-state index contributed by atoms with van der Waals surface area (Å²) >= 11 is 5.91. The summed E-state index contributed by atoms with van der Waals surface area (Å²) in [6.07, 6.45) is 5.82. The van der Waals surface area contributed by atoms with Crippen molar-refractivity contribution in [2.24, 2.45) is 17.8 Å². The van der Waals surface area contributed by atoms with Gasteiger partial charge in [-0.15, -0.1) is 0 Å². The molecule has 4 atom stereocenters. The number of aromatic nitrogens is 1. The third-order valence-electron chi connectivity index (χ3n) is 7.41. The van der Waals surface area contributed by atoms with Gasteiger partial charge in [-0.2, -0.15) is 0 Å². The van der Waals surface area contributed by atoms with Crippen LogP contribution in [-0.4, -0.2) is 46.6 Å². The molecule has 2 heterocycles. The average molecular weight is 491 g/mol. The Morgan fingerprint density at radius 1 is 1.32 bits per heavy atom. The topological polar surface area (TPSA) is 74.3 Å². The molecular weight excluding hydrogens is 462 g/mol. The van der Waals surface area contributed by atoms with E-state index < -0.39 is 40.9 Å². The lowest BCUT2D eigenvalue weighted by Crippen LogP contribution is -2.53. The molecule has 2 unspecified atom stereocenters. The van der Waals surface area contributed by atoms with E-state index in [0.717, 1.165) is 43.1 Å². The number of aryl methyl sites for hydroxylation is 1. The van der Waals surface area contributed by atoms with Crippen molar-refractivity contribution in [1.82, 2.24) is 20.5 Å². The van der Waals surface area contributed by atoms with E-state index in [0.29, 0.717) is 12.5 Å². The molecule has 34 heavy (non-hydrogen) atoms. The van der Waals surface area contributed by atoms with Gasteiger partial charge in [-0.3, -0.25) is 9.78 Å². The minimum absolute atomic E-state index is 0.0125. The first kappa shape index (κ1) is 23.3. The van der Waals surface area contributed by atoms with Gasteiger partial charge in [-0.1, -0.05) is 17.7 Å². The number of halogens is 3. The predicted octanol–water partition coefficient (Wildman–Crippen LogP) is 4.25. The van der Waals surface area contributed by atoms with Gasteiger partial charge in [0.2, 0.25) is 5.91 Å². The largest absolute Gasteiger partial charge is 0.340 e. The number of carbonyl (C=O) groups excluding carboxylic acids is 2. The van der Waals surface area contributed by atoms with Crippen LogP contribution >= 0.6 is 11.6 Å². The van der Waals surface area contributed by atoms with Gasteiger partial charge in [0.15, 0.2) is 0 Å². The zero-order valence-corrected chi connectivity index (χ0v) is 20.0. The van der Waals surface area contributed by atoms with Crippen LogP contribution < -0.4 is 10.6 Å². The zero-order valence-electron chi connectivity index (χ0n) is 19.3. The Morgan fingerprint density at radius 2 is 2.06 bits per heavy atom. The number of hydrogen-bond donors (Lipinski definition) is 2. The lowest BCUT2D eigenvalue weighted by atomic mass is 9.75. The number of rotatable bonds is 6. The fourth-order valence-corrected chi connectivity index (χ4v) is 5.68. The third kappa shape index (κ3) is 4.44. The number of allylic oxidation sites excluding steroid dienone is 4. The summed E-state index contributed by atoms with van der Waals surface area (Å²) in [5, 5.41) is 5.72. The maximum Gasteiger partial charge on any atom is 0.316 e. The maximum absolute atomic E-state index is 15.6. The minimum atomic E-state index is -2.09. The molecule has 6 nitrogen and oxygen atoms in total. The highest BCUT2D eigenvalue weighted by Crippen LogP contribution is 2.47. The van der Waals surface area contributed by atoms with Gasteiger partial charge in [-0.25, -0.2) is 13.6 Å². The number of pyridine rings is 1. The molecule has 1 aliphatic heterocycles. The zero-order chi connectivity index (χ0) is 24.3. The van der Waals surface area contributed by atoms with Crippen LogP contribution in [0, 0.1) is 24.7 Å². The standard InChI is InChI=1S/C25H29ClF2N4O2/c1-14-4-3-5-19(29-14)25(8-9-25)31-23(34)30-21-17(13-32(22(21)33)12-15-6-7-15)20-18(27)10-16(26)11-24(20,2)28/h3-5,10-11,15,17,20-21H,6-9,12-13H2,1-2H3,(H2,30,31,34)/t17-,20?,21-,24?/m0/s1. The Labute approximate surface area is 202 Å². The van der Waals surface area contributed by atoms with Crippen LogP contribution in [0.5, 0.6) is 0 Å². The molecule has 4 aliphatic rings. The Kier molecular flexibility index (Phi) is 5.70. The predicted molar refractivity (Wildman–Crippen MR) is 124 cm³/mol. The van der Waals surface area contributed by atoms with Crippen LogP contribution in [0.4, 0.5) is 13.6 Å². The molecule has 1 aromatic heterocycles. The molecule has 1 saturated heterocycles. The number of likely N-dealkylation sites (tertiary alicyclic amines) is 1. The lowest BCUT2D eigenvalue weighted by Gasteiger charge is -2.36. The number of nitrogens with one attached hydrogen (secondary N) is 2. The van der Waals surface area contributed by atoms with E-state index >= 15 is 8.78 Å². The maximum atomic E-state index is 15.6. The highest BCUT2D eigenvalue weighted by atomic mass is 35.5. The van der Waals surface area contributed by atoms with Crippen LogP contribution in [0.3, 0.4) is 0 Å². The minimum Gasteiger partial charge on any atom is -0.340 e. The molecule has 3 aliphatic carbocycles. The monoisotopic (exact) mass is 490 g/mol. The van der Waals surface area contributed by atoms with Gasteiger partial charge >= 0.3 is 6.03 Å². The smallest absolute Gasteiger partial charge is 0.316 e. The average Bonchev–Trinajstić information content (AvgIpc) is 3.65. The summed E-state index contributed by atoms with van der Waals surface area (Å²) < 4.78 is 30.6. The van der Waals surface area contributed by atoms with Crippen molar-refractivity contribution in [3.05, 3.63) is 52.6 Å². The van der Waals surface area contributed by atoms with E-state index in [1.54, 1.807) is 4.90 Å². The van der Waals surface area contributed by atoms with Gasteiger partial charge in [0, 0.05) is 29.7 Å². The van der Waals surface area contributed by atoms with Crippen molar-refractivity contribution in [1.29, 1.82) is 0 Å². The normalized spacial score (nSPS) is 32.2. The number of hydrogen-bond acceptors (Lipinski definition) is 3. The van der Waals surface area contributed by atoms with E-state index in [1.807, 2.05) is 25.1 Å². The summed E-state index contributed by atoms with van der Waals surface area (Å²) in [5.41, 5.74) is -1.05. The van der Waals surface area contributed by atoms with Crippen molar-refractivity contribution in [2.75, 3.05) is 13.1 Å².